The standard InChI is InChI=1S/2C4HClF6/c2*5-2(4(9,10)11)1-3(6,7)8/h2*1H/b2-1+;2-1-. The average Bonchev–Trinajstić information content (AvgIpc) is 2.09. The van der Waals surface area contributed by atoms with Crippen LogP contribution in [0.25, 0.3) is 0 Å². The van der Waals surface area contributed by atoms with Crippen molar-refractivity contribution in [3.8, 4) is 0 Å². The lowest BCUT2D eigenvalue weighted by atomic mass is 10.5. The Morgan fingerprint density at radius 2 is 0.682 bits per heavy atom. The van der Waals surface area contributed by atoms with Gasteiger partial charge < -0.3 is 0 Å². The van der Waals surface area contributed by atoms with Gasteiger partial charge in [-0.25, -0.2) is 0 Å². The largest absolute Gasteiger partial charge is 0.426 e. The van der Waals surface area contributed by atoms with E-state index in [9.17, 15) is 52.7 Å². The molecule has 0 spiro atoms. The van der Waals surface area contributed by atoms with Gasteiger partial charge in [0.1, 0.15) is 10.1 Å². The predicted octanol–water partition coefficient (Wildman–Crippen LogP) is 6.47. The second-order valence-electron chi connectivity index (χ2n) is 3.06. The fourth-order valence-electron chi connectivity index (χ4n) is 0.451. The van der Waals surface area contributed by atoms with Crippen molar-refractivity contribution in [1.82, 2.24) is 0 Å². The summed E-state index contributed by atoms with van der Waals surface area (Å²) in [7, 11) is 0. The third-order valence-corrected chi connectivity index (χ3v) is 1.77. The Bertz CT molecular complexity index is 365. The Kier molecular flexibility index (Phi) is 8.18. The Hall–Kier alpha value is -0.780. The summed E-state index contributed by atoms with van der Waals surface area (Å²) in [4.78, 5) is 0. The van der Waals surface area contributed by atoms with Crippen molar-refractivity contribution in [2.45, 2.75) is 24.7 Å². The molecule has 0 fully saturated rings. The smallest absolute Gasteiger partial charge is 0.167 e. The molecule has 0 unspecified atom stereocenters. The van der Waals surface area contributed by atoms with E-state index < -0.39 is 46.9 Å². The molecule has 0 bridgehead atoms. The first kappa shape index (κ1) is 23.5. The summed E-state index contributed by atoms with van der Waals surface area (Å²) in [6.45, 7) is 0. The molecule has 0 aromatic heterocycles. The molecule has 132 valence electrons. The molecule has 0 aromatic rings. The normalized spacial score (nSPS) is 15.4. The second-order valence-corrected chi connectivity index (χ2v) is 3.88. The van der Waals surface area contributed by atoms with Gasteiger partial charge in [-0.3, -0.25) is 0 Å². The number of hydrogen-bond acceptors (Lipinski definition) is 0. The zero-order valence-electron chi connectivity index (χ0n) is 9.45. The molecule has 0 atom stereocenters. The van der Waals surface area contributed by atoms with E-state index in [0.717, 1.165) is 0 Å². The number of hydrogen-bond donors (Lipinski definition) is 0. The molecule has 0 aliphatic rings. The summed E-state index contributed by atoms with van der Waals surface area (Å²) < 4.78 is 135. The average molecular weight is 397 g/mol. The SMILES string of the molecule is FC(F)(F)/C=C(/Cl)C(F)(F)F.FC(F)(F)/C=C(\Cl)C(F)(F)F. The van der Waals surface area contributed by atoms with Crippen molar-refractivity contribution in [1.29, 1.82) is 0 Å². The van der Waals surface area contributed by atoms with Crippen LogP contribution in [0.1, 0.15) is 0 Å². The monoisotopic (exact) mass is 396 g/mol. The first-order chi connectivity index (χ1) is 9.26. The van der Waals surface area contributed by atoms with Gasteiger partial charge in [0, 0.05) is 12.2 Å². The second kappa shape index (κ2) is 7.66. The van der Waals surface area contributed by atoms with Gasteiger partial charge in [0.15, 0.2) is 0 Å². The van der Waals surface area contributed by atoms with Crippen molar-refractivity contribution < 1.29 is 52.7 Å². The summed E-state index contributed by atoms with van der Waals surface area (Å²) in [5.41, 5.74) is 0. The fourth-order valence-corrected chi connectivity index (χ4v) is 0.698. The summed E-state index contributed by atoms with van der Waals surface area (Å²) in [5.74, 6) is 0. The lowest BCUT2D eigenvalue weighted by Gasteiger charge is -2.05. The Morgan fingerprint density at radius 3 is 0.727 bits per heavy atom. The Labute approximate surface area is 124 Å². The lowest BCUT2D eigenvalue weighted by molar-refractivity contribution is -0.102. The topological polar surface area (TPSA) is 0 Å². The van der Waals surface area contributed by atoms with Crippen molar-refractivity contribution in [2.24, 2.45) is 0 Å². The van der Waals surface area contributed by atoms with Gasteiger partial charge in [-0.1, -0.05) is 23.2 Å². The van der Waals surface area contributed by atoms with E-state index in [4.69, 9.17) is 0 Å². The highest BCUT2D eigenvalue weighted by Crippen LogP contribution is 2.33. The van der Waals surface area contributed by atoms with Gasteiger partial charge in [-0.2, -0.15) is 52.7 Å². The predicted molar refractivity (Wildman–Crippen MR) is 52.1 cm³/mol. The minimum absolute atomic E-state index is 1.01. The van der Waals surface area contributed by atoms with Crippen molar-refractivity contribution in [3.63, 3.8) is 0 Å². The number of allylic oxidation sites excluding steroid dienone is 4. The van der Waals surface area contributed by atoms with Crippen LogP contribution in [0.3, 0.4) is 0 Å². The van der Waals surface area contributed by atoms with Crippen LogP contribution >= 0.6 is 23.2 Å². The molecule has 0 radical (unpaired) electrons. The zero-order chi connectivity index (χ0) is 18.6. The minimum atomic E-state index is -5.13. The molecule has 0 heterocycles. The van der Waals surface area contributed by atoms with Crippen LogP contribution in [0.5, 0.6) is 0 Å². The van der Waals surface area contributed by atoms with Gasteiger partial charge in [-0.15, -0.1) is 0 Å². The van der Waals surface area contributed by atoms with E-state index in [1.807, 2.05) is 0 Å². The van der Waals surface area contributed by atoms with Crippen molar-refractivity contribution in [3.05, 3.63) is 22.2 Å². The van der Waals surface area contributed by atoms with E-state index in [2.05, 4.69) is 23.2 Å². The molecule has 14 heteroatoms. The summed E-state index contributed by atoms with van der Waals surface area (Å²) in [6, 6.07) is 0. The fraction of sp³-hybridized carbons (Fsp3) is 0.500. The van der Waals surface area contributed by atoms with E-state index >= 15 is 0 Å². The van der Waals surface area contributed by atoms with Crippen LogP contribution in [0.15, 0.2) is 22.2 Å². The Morgan fingerprint density at radius 1 is 0.500 bits per heavy atom. The van der Waals surface area contributed by atoms with Gasteiger partial charge in [0.2, 0.25) is 0 Å². The van der Waals surface area contributed by atoms with E-state index in [0.29, 0.717) is 0 Å². The number of halogens is 14. The van der Waals surface area contributed by atoms with Crippen LogP contribution in [-0.4, -0.2) is 24.7 Å². The van der Waals surface area contributed by atoms with Crippen LogP contribution < -0.4 is 0 Å². The van der Waals surface area contributed by atoms with E-state index in [1.54, 1.807) is 0 Å². The molecule has 0 saturated heterocycles. The molecular formula is C8H2Cl2F12. The molecule has 0 amide bonds. The molecule has 0 aromatic carbocycles. The van der Waals surface area contributed by atoms with Crippen LogP contribution in [0, 0.1) is 0 Å². The molecule has 0 N–H and O–H groups in total. The highest BCUT2D eigenvalue weighted by Gasteiger charge is 2.38. The quantitative estimate of drug-likeness (QED) is 0.412. The third-order valence-electron chi connectivity index (χ3n) is 1.12. The molecule has 0 saturated carbocycles. The highest BCUT2D eigenvalue weighted by atomic mass is 35.5. The molecule has 0 nitrogen and oxygen atoms in total. The van der Waals surface area contributed by atoms with Gasteiger partial charge in [0.05, 0.1) is 0 Å². The Balaban J connectivity index is 0. The first-order valence-electron chi connectivity index (χ1n) is 4.30. The first-order valence-corrected chi connectivity index (χ1v) is 5.06. The third kappa shape index (κ3) is 14.2. The van der Waals surface area contributed by atoms with Gasteiger partial charge in [-0.05, 0) is 0 Å². The van der Waals surface area contributed by atoms with Crippen molar-refractivity contribution >= 4 is 23.2 Å². The lowest BCUT2D eigenvalue weighted by Crippen LogP contribution is -2.12. The number of rotatable bonds is 0. The number of alkyl halides is 12. The molecule has 0 aliphatic heterocycles. The van der Waals surface area contributed by atoms with Crippen LogP contribution in [-0.2, 0) is 0 Å². The van der Waals surface area contributed by atoms with Crippen molar-refractivity contribution in [2.75, 3.05) is 0 Å². The molecule has 0 aliphatic carbocycles. The summed E-state index contributed by atoms with van der Waals surface area (Å²) in [6.07, 6.45) is -22.3. The van der Waals surface area contributed by atoms with Crippen LogP contribution in [0.2, 0.25) is 0 Å². The zero-order valence-corrected chi connectivity index (χ0v) is 11.0. The maximum absolute atomic E-state index is 11.3. The maximum Gasteiger partial charge on any atom is 0.426 e. The summed E-state index contributed by atoms with van der Waals surface area (Å²) in [5, 5.41) is -4.35. The van der Waals surface area contributed by atoms with Crippen LogP contribution in [0.4, 0.5) is 52.7 Å². The molecular weight excluding hydrogens is 395 g/mol. The highest BCUT2D eigenvalue weighted by molar-refractivity contribution is 6.30. The summed E-state index contributed by atoms with van der Waals surface area (Å²) >= 11 is 8.52. The van der Waals surface area contributed by atoms with Gasteiger partial charge >= 0.3 is 24.7 Å². The van der Waals surface area contributed by atoms with E-state index in [1.165, 1.54) is 0 Å². The maximum atomic E-state index is 11.3. The molecule has 0 rings (SSSR count). The van der Waals surface area contributed by atoms with E-state index in [-0.39, 0.29) is 0 Å². The molecule has 22 heavy (non-hydrogen) atoms. The minimum Gasteiger partial charge on any atom is -0.167 e. The van der Waals surface area contributed by atoms with Gasteiger partial charge in [0.25, 0.3) is 0 Å².